The van der Waals surface area contributed by atoms with E-state index in [0.29, 0.717) is 5.92 Å². The van der Waals surface area contributed by atoms with Crippen LogP contribution in [0.25, 0.3) is 0 Å². The molecule has 0 aromatic carbocycles. The zero-order valence-electron chi connectivity index (χ0n) is 5.97. The summed E-state index contributed by atoms with van der Waals surface area (Å²) < 4.78 is 0. The van der Waals surface area contributed by atoms with E-state index in [1.807, 2.05) is 0 Å². The summed E-state index contributed by atoms with van der Waals surface area (Å²) in [7, 11) is 0. The summed E-state index contributed by atoms with van der Waals surface area (Å²) in [5, 5.41) is 0. The first kappa shape index (κ1) is 6.14. The molecule has 1 saturated carbocycles. The highest BCUT2D eigenvalue weighted by atomic mass is 16.1. The number of carbonyl (C=O) groups excluding carboxylic acids is 1. The highest BCUT2D eigenvalue weighted by Crippen LogP contribution is 2.48. The van der Waals surface area contributed by atoms with E-state index < -0.39 is 0 Å². The zero-order chi connectivity index (χ0) is 7.03. The fourth-order valence-electron chi connectivity index (χ4n) is 2.26. The van der Waals surface area contributed by atoms with Crippen LogP contribution in [-0.4, -0.2) is 6.29 Å². The topological polar surface area (TPSA) is 17.1 Å². The van der Waals surface area contributed by atoms with Crippen molar-refractivity contribution in [2.24, 2.45) is 11.3 Å². The molecule has 53 valence electrons. The molecule has 0 aliphatic heterocycles. The van der Waals surface area contributed by atoms with Gasteiger partial charge in [-0.2, -0.15) is 0 Å². The number of hydrogen-bond donors (Lipinski definition) is 0. The van der Waals surface area contributed by atoms with Crippen LogP contribution in [-0.2, 0) is 4.79 Å². The maximum absolute atomic E-state index is 10.6. The molecule has 0 aromatic heterocycles. The first-order chi connectivity index (χ1) is 4.87. The Balaban J connectivity index is 2.30. The molecule has 10 heavy (non-hydrogen) atoms. The summed E-state index contributed by atoms with van der Waals surface area (Å²) in [5.74, 6) is 0.602. The summed E-state index contributed by atoms with van der Waals surface area (Å²) >= 11 is 0. The molecular formula is C9H11O. The lowest BCUT2D eigenvalue weighted by atomic mass is 9.83. The van der Waals surface area contributed by atoms with E-state index in [0.717, 1.165) is 12.8 Å². The quantitative estimate of drug-likeness (QED) is 0.501. The Hall–Kier alpha value is -0.590. The number of fused-ring (bicyclic) bond motifs is 1. The summed E-state index contributed by atoms with van der Waals surface area (Å²) in [5.41, 5.74) is -0.139. The maximum atomic E-state index is 10.6. The highest BCUT2D eigenvalue weighted by molar-refractivity contribution is 5.66. The van der Waals surface area contributed by atoms with E-state index in [4.69, 9.17) is 0 Å². The van der Waals surface area contributed by atoms with Gasteiger partial charge >= 0.3 is 0 Å². The van der Waals surface area contributed by atoms with Gasteiger partial charge in [0.2, 0.25) is 6.29 Å². The number of rotatable bonds is 1. The fraction of sp³-hybridized carbons (Fsp3) is 0.667. The van der Waals surface area contributed by atoms with Crippen LogP contribution in [0.3, 0.4) is 0 Å². The molecule has 2 rings (SSSR count). The van der Waals surface area contributed by atoms with Crippen LogP contribution in [0.2, 0.25) is 0 Å². The average molecular weight is 135 g/mol. The Morgan fingerprint density at radius 2 is 2.50 bits per heavy atom. The first-order valence-electron chi connectivity index (χ1n) is 3.94. The number of allylic oxidation sites excluding steroid dienone is 2. The van der Waals surface area contributed by atoms with E-state index in [-0.39, 0.29) is 5.41 Å². The molecule has 1 nitrogen and oxygen atoms in total. The molecule has 0 bridgehead atoms. The van der Waals surface area contributed by atoms with E-state index >= 15 is 0 Å². The van der Waals surface area contributed by atoms with E-state index in [1.54, 1.807) is 0 Å². The third kappa shape index (κ3) is 0.606. The van der Waals surface area contributed by atoms with E-state index in [1.165, 1.54) is 12.8 Å². The lowest BCUT2D eigenvalue weighted by molar-refractivity contribution is 0.384. The van der Waals surface area contributed by atoms with Gasteiger partial charge in [0.05, 0.1) is 5.41 Å². The molecule has 2 aliphatic rings. The van der Waals surface area contributed by atoms with Gasteiger partial charge in [0.1, 0.15) is 0 Å². The third-order valence-corrected chi connectivity index (χ3v) is 2.90. The smallest absolute Gasteiger partial charge is 0.209 e. The monoisotopic (exact) mass is 135 g/mol. The third-order valence-electron chi connectivity index (χ3n) is 2.90. The van der Waals surface area contributed by atoms with Crippen molar-refractivity contribution in [2.75, 3.05) is 0 Å². The minimum absolute atomic E-state index is 0.139. The molecule has 0 saturated heterocycles. The predicted octanol–water partition coefficient (Wildman–Crippen LogP) is 1.84. The van der Waals surface area contributed by atoms with Gasteiger partial charge in [0, 0.05) is 0 Å². The van der Waals surface area contributed by atoms with Gasteiger partial charge in [-0.25, -0.2) is 0 Å². The normalized spacial score (nSPS) is 43.8. The minimum Gasteiger partial charge on any atom is -0.290 e. The van der Waals surface area contributed by atoms with Gasteiger partial charge < -0.3 is 0 Å². The van der Waals surface area contributed by atoms with Crippen molar-refractivity contribution in [3.8, 4) is 0 Å². The summed E-state index contributed by atoms with van der Waals surface area (Å²) in [6.45, 7) is 0. The first-order valence-corrected chi connectivity index (χ1v) is 3.94. The zero-order valence-corrected chi connectivity index (χ0v) is 5.97. The summed E-state index contributed by atoms with van der Waals surface area (Å²) in [6, 6.07) is 0. The van der Waals surface area contributed by atoms with Crippen LogP contribution < -0.4 is 0 Å². The molecular weight excluding hydrogens is 124 g/mol. The highest BCUT2D eigenvalue weighted by Gasteiger charge is 2.43. The molecule has 1 fully saturated rings. The fourth-order valence-corrected chi connectivity index (χ4v) is 2.26. The van der Waals surface area contributed by atoms with Gasteiger partial charge in [-0.05, 0) is 25.2 Å². The molecule has 2 unspecified atom stereocenters. The van der Waals surface area contributed by atoms with Crippen LogP contribution in [0, 0.1) is 11.3 Å². The second kappa shape index (κ2) is 1.94. The predicted molar refractivity (Wildman–Crippen MR) is 39.2 cm³/mol. The standard InChI is InChI=1S/C9H11O/c10-7-9-5-1-3-8(9)4-2-6-9/h1,5,8H,2-4,6H2. The van der Waals surface area contributed by atoms with Crippen LogP contribution in [0.4, 0.5) is 0 Å². The Bertz CT molecular complexity index is 183. The van der Waals surface area contributed by atoms with Crippen molar-refractivity contribution in [3.05, 3.63) is 12.2 Å². The van der Waals surface area contributed by atoms with Crippen molar-refractivity contribution in [1.29, 1.82) is 0 Å². The number of hydrogen-bond acceptors (Lipinski definition) is 1. The van der Waals surface area contributed by atoms with Crippen molar-refractivity contribution >= 4 is 6.29 Å². The Morgan fingerprint density at radius 1 is 1.60 bits per heavy atom. The summed E-state index contributed by atoms with van der Waals surface area (Å²) in [6.07, 6.45) is 11.0. The van der Waals surface area contributed by atoms with Gasteiger partial charge in [0.15, 0.2) is 0 Å². The molecule has 0 aromatic rings. The van der Waals surface area contributed by atoms with Crippen LogP contribution >= 0.6 is 0 Å². The van der Waals surface area contributed by atoms with Crippen molar-refractivity contribution in [2.45, 2.75) is 25.7 Å². The van der Waals surface area contributed by atoms with Crippen LogP contribution in [0.1, 0.15) is 25.7 Å². The van der Waals surface area contributed by atoms with Crippen LogP contribution in [0.5, 0.6) is 0 Å². The van der Waals surface area contributed by atoms with E-state index in [2.05, 4.69) is 18.4 Å². The van der Waals surface area contributed by atoms with Gasteiger partial charge in [-0.1, -0.05) is 18.6 Å². The lowest BCUT2D eigenvalue weighted by Gasteiger charge is -2.18. The summed E-state index contributed by atoms with van der Waals surface area (Å²) in [4.78, 5) is 10.6. The van der Waals surface area contributed by atoms with Gasteiger partial charge in [-0.3, -0.25) is 4.79 Å². The molecule has 0 amide bonds. The average Bonchev–Trinajstić information content (AvgIpc) is 2.42. The molecule has 1 radical (unpaired) electrons. The van der Waals surface area contributed by atoms with Crippen LogP contribution in [0.15, 0.2) is 12.2 Å². The van der Waals surface area contributed by atoms with Crippen molar-refractivity contribution < 1.29 is 4.79 Å². The Labute approximate surface area is 61.1 Å². The molecule has 2 aliphatic carbocycles. The lowest BCUT2D eigenvalue weighted by Crippen LogP contribution is -2.20. The van der Waals surface area contributed by atoms with Crippen molar-refractivity contribution in [3.63, 3.8) is 0 Å². The SMILES string of the molecule is O=[C]C12C=CCC1CCC2. The van der Waals surface area contributed by atoms with E-state index in [9.17, 15) is 4.79 Å². The second-order valence-corrected chi connectivity index (χ2v) is 3.37. The Kier molecular flexibility index (Phi) is 1.19. The molecule has 2 atom stereocenters. The largest absolute Gasteiger partial charge is 0.290 e. The second-order valence-electron chi connectivity index (χ2n) is 3.37. The minimum atomic E-state index is -0.139. The van der Waals surface area contributed by atoms with Crippen molar-refractivity contribution in [1.82, 2.24) is 0 Å². The van der Waals surface area contributed by atoms with Gasteiger partial charge in [-0.15, -0.1) is 0 Å². The molecule has 1 heteroatoms. The van der Waals surface area contributed by atoms with Gasteiger partial charge in [0.25, 0.3) is 0 Å². The molecule has 0 spiro atoms. The molecule has 0 N–H and O–H groups in total. The maximum Gasteiger partial charge on any atom is 0.209 e. The Morgan fingerprint density at radius 3 is 3.20 bits per heavy atom. The molecule has 0 heterocycles.